The van der Waals surface area contributed by atoms with Gasteiger partial charge in [0.25, 0.3) is 5.91 Å². The number of hydrogen-bond acceptors (Lipinski definition) is 4. The smallest absolute Gasteiger partial charge is 0.267 e. The second-order valence-electron chi connectivity index (χ2n) is 7.15. The lowest BCUT2D eigenvalue weighted by Crippen LogP contribution is -2.41. The third-order valence-electron chi connectivity index (χ3n) is 4.99. The summed E-state index contributed by atoms with van der Waals surface area (Å²) in [6.07, 6.45) is 0.568. The third-order valence-corrected chi connectivity index (χ3v) is 4.99. The fraction of sp³-hybridized carbons (Fsp3) is 0.286. The fourth-order valence-corrected chi connectivity index (χ4v) is 3.48. The number of fused-ring (bicyclic) bond motifs is 1. The zero-order valence-corrected chi connectivity index (χ0v) is 15.7. The van der Waals surface area contributed by atoms with Gasteiger partial charge in [0.2, 0.25) is 5.91 Å². The number of carbonyl (C=O) groups excluding carboxylic acids is 2. The largest absolute Gasteiger partial charge is 0.487 e. The molecule has 2 aliphatic rings. The van der Waals surface area contributed by atoms with Gasteiger partial charge in [0.1, 0.15) is 29.2 Å². The molecule has 2 heterocycles. The second-order valence-corrected chi connectivity index (χ2v) is 7.15. The predicted octanol–water partition coefficient (Wildman–Crippen LogP) is 2.63. The van der Waals surface area contributed by atoms with E-state index in [2.05, 4.69) is 15.8 Å². The lowest BCUT2D eigenvalue weighted by molar-refractivity contribution is -0.121. The zero-order chi connectivity index (χ0) is 20.5. The van der Waals surface area contributed by atoms with Gasteiger partial charge in [0.15, 0.2) is 0 Å². The van der Waals surface area contributed by atoms with Crippen molar-refractivity contribution in [3.05, 3.63) is 53.1 Å². The number of halogens is 2. The molecule has 4 rings (SSSR count). The van der Waals surface area contributed by atoms with Crippen molar-refractivity contribution >= 4 is 17.5 Å². The highest BCUT2D eigenvalue weighted by Gasteiger charge is 2.28. The normalized spacial score (nSPS) is 17.8. The Morgan fingerprint density at radius 3 is 2.83 bits per heavy atom. The van der Waals surface area contributed by atoms with Gasteiger partial charge in [0.05, 0.1) is 6.54 Å². The molecule has 0 aromatic heterocycles. The van der Waals surface area contributed by atoms with E-state index in [0.29, 0.717) is 34.4 Å². The van der Waals surface area contributed by atoms with Crippen LogP contribution >= 0.6 is 0 Å². The number of hydrazone groups is 1. The van der Waals surface area contributed by atoms with Gasteiger partial charge in [-0.1, -0.05) is 6.07 Å². The molecule has 0 bridgehead atoms. The van der Waals surface area contributed by atoms with E-state index >= 15 is 0 Å². The minimum absolute atomic E-state index is 0.212. The summed E-state index contributed by atoms with van der Waals surface area (Å²) in [5.74, 6) is -0.780. The number of rotatable bonds is 4. The average Bonchev–Trinajstić information content (AvgIpc) is 3.11. The first-order chi connectivity index (χ1) is 13.9. The molecular weight excluding hydrogens is 380 g/mol. The van der Waals surface area contributed by atoms with Gasteiger partial charge < -0.3 is 10.1 Å². The van der Waals surface area contributed by atoms with Crippen LogP contribution in [-0.4, -0.2) is 30.2 Å². The van der Waals surface area contributed by atoms with Crippen LogP contribution in [0.3, 0.4) is 0 Å². The van der Waals surface area contributed by atoms with E-state index in [4.69, 9.17) is 4.74 Å². The molecule has 0 radical (unpaired) electrons. The van der Waals surface area contributed by atoms with Crippen molar-refractivity contribution in [1.82, 2.24) is 10.7 Å². The summed E-state index contributed by atoms with van der Waals surface area (Å²) >= 11 is 0. The van der Waals surface area contributed by atoms with E-state index in [1.807, 2.05) is 0 Å². The Bertz CT molecular complexity index is 1040. The van der Waals surface area contributed by atoms with E-state index in [0.717, 1.165) is 0 Å². The Hall–Kier alpha value is -3.29. The lowest BCUT2D eigenvalue weighted by Gasteiger charge is -2.15. The molecule has 29 heavy (non-hydrogen) atoms. The minimum Gasteiger partial charge on any atom is -0.487 e. The second kappa shape index (κ2) is 7.62. The Morgan fingerprint density at radius 1 is 1.28 bits per heavy atom. The summed E-state index contributed by atoms with van der Waals surface area (Å²) < 4.78 is 33.7. The van der Waals surface area contributed by atoms with E-state index in [9.17, 15) is 18.4 Å². The number of hydrogen-bond donors (Lipinski definition) is 2. The lowest BCUT2D eigenvalue weighted by atomic mass is 9.99. The number of carbonyl (C=O) groups is 2. The molecule has 8 heteroatoms. The first kappa shape index (κ1) is 19.0. The SMILES string of the molecule is Cc1cc(-c2cc(F)cc3c2O[C@@H](CNC(=O)C2=NNC(=O)CC2)C3)ccc1F. The molecule has 2 N–H and O–H groups in total. The number of benzene rings is 2. The van der Waals surface area contributed by atoms with Crippen LogP contribution in [0.4, 0.5) is 8.78 Å². The van der Waals surface area contributed by atoms with E-state index in [-0.39, 0.29) is 48.8 Å². The molecule has 0 saturated heterocycles. The summed E-state index contributed by atoms with van der Waals surface area (Å²) in [6, 6.07) is 7.37. The van der Waals surface area contributed by atoms with Gasteiger partial charge >= 0.3 is 0 Å². The van der Waals surface area contributed by atoms with Crippen LogP contribution in [0.15, 0.2) is 35.4 Å². The van der Waals surface area contributed by atoms with Gasteiger partial charge in [-0.25, -0.2) is 14.2 Å². The van der Waals surface area contributed by atoms with Crippen LogP contribution in [0.25, 0.3) is 11.1 Å². The van der Waals surface area contributed by atoms with Crippen molar-refractivity contribution in [2.75, 3.05) is 6.54 Å². The highest BCUT2D eigenvalue weighted by molar-refractivity contribution is 6.39. The maximum atomic E-state index is 14.2. The number of ether oxygens (including phenoxy) is 1. The first-order valence-corrected chi connectivity index (χ1v) is 9.30. The molecule has 0 fully saturated rings. The Balaban J connectivity index is 1.48. The van der Waals surface area contributed by atoms with E-state index < -0.39 is 5.82 Å². The Morgan fingerprint density at radius 2 is 2.10 bits per heavy atom. The van der Waals surface area contributed by atoms with Crippen molar-refractivity contribution in [1.29, 1.82) is 0 Å². The molecule has 0 aliphatic carbocycles. The molecule has 2 aromatic carbocycles. The Kier molecular flexibility index (Phi) is 5.00. The Labute approximate surface area is 165 Å². The zero-order valence-electron chi connectivity index (χ0n) is 15.7. The van der Waals surface area contributed by atoms with Crippen LogP contribution in [0, 0.1) is 18.6 Å². The van der Waals surface area contributed by atoms with E-state index in [1.165, 1.54) is 18.2 Å². The molecular formula is C21H19F2N3O3. The monoisotopic (exact) mass is 399 g/mol. The molecule has 2 aliphatic heterocycles. The molecule has 0 spiro atoms. The summed E-state index contributed by atoms with van der Waals surface area (Å²) in [5.41, 5.74) is 4.92. The average molecular weight is 399 g/mol. The van der Waals surface area contributed by atoms with Gasteiger partial charge in [0, 0.05) is 30.4 Å². The quantitative estimate of drug-likeness (QED) is 0.830. The van der Waals surface area contributed by atoms with E-state index in [1.54, 1.807) is 19.1 Å². The standard InChI is InChI=1S/C21H19F2N3O3/c1-11-6-12(2-3-17(11)23)16-9-14(22)7-13-8-15(29-20(13)16)10-24-21(28)18-4-5-19(27)26-25-18/h2-3,6-7,9,15H,4-5,8,10H2,1H3,(H,24,28)(H,26,27)/t15-/m1/s1. The summed E-state index contributed by atoms with van der Waals surface area (Å²) in [4.78, 5) is 23.3. The van der Waals surface area contributed by atoms with Crippen LogP contribution < -0.4 is 15.5 Å². The van der Waals surface area contributed by atoms with Gasteiger partial charge in [-0.05, 0) is 42.3 Å². The number of aryl methyl sites for hydroxylation is 1. The molecule has 2 aromatic rings. The number of amides is 2. The summed E-state index contributed by atoms with van der Waals surface area (Å²) in [7, 11) is 0. The molecule has 1 atom stereocenters. The first-order valence-electron chi connectivity index (χ1n) is 9.30. The topological polar surface area (TPSA) is 79.8 Å². The van der Waals surface area contributed by atoms with Crippen molar-refractivity contribution in [2.45, 2.75) is 32.3 Å². The molecule has 0 saturated carbocycles. The molecule has 0 unspecified atom stereocenters. The van der Waals surface area contributed by atoms with Crippen LogP contribution in [0.1, 0.15) is 24.0 Å². The van der Waals surface area contributed by atoms with Crippen molar-refractivity contribution in [3.8, 4) is 16.9 Å². The summed E-state index contributed by atoms with van der Waals surface area (Å²) in [6.45, 7) is 1.86. The third kappa shape index (κ3) is 3.96. The number of nitrogens with zero attached hydrogens (tertiary/aromatic N) is 1. The van der Waals surface area contributed by atoms with Crippen molar-refractivity contribution < 1.29 is 23.1 Å². The van der Waals surface area contributed by atoms with Crippen LogP contribution in [0.5, 0.6) is 5.75 Å². The molecule has 2 amide bonds. The number of nitrogens with one attached hydrogen (secondary N) is 2. The van der Waals surface area contributed by atoms with Gasteiger partial charge in [-0.2, -0.15) is 5.10 Å². The highest BCUT2D eigenvalue weighted by atomic mass is 19.1. The summed E-state index contributed by atoms with van der Waals surface area (Å²) in [5, 5.41) is 6.50. The maximum Gasteiger partial charge on any atom is 0.267 e. The fourth-order valence-electron chi connectivity index (χ4n) is 3.48. The predicted molar refractivity (Wildman–Crippen MR) is 102 cm³/mol. The maximum absolute atomic E-state index is 14.2. The van der Waals surface area contributed by atoms with Crippen LogP contribution in [0.2, 0.25) is 0 Å². The van der Waals surface area contributed by atoms with Crippen LogP contribution in [-0.2, 0) is 16.0 Å². The van der Waals surface area contributed by atoms with Crippen molar-refractivity contribution in [3.63, 3.8) is 0 Å². The molecule has 150 valence electrons. The van der Waals surface area contributed by atoms with Crippen molar-refractivity contribution in [2.24, 2.45) is 5.10 Å². The van der Waals surface area contributed by atoms with Gasteiger partial charge in [-0.15, -0.1) is 0 Å². The molecule has 6 nitrogen and oxygen atoms in total. The minimum atomic E-state index is -0.402. The highest BCUT2D eigenvalue weighted by Crippen LogP contribution is 2.40. The van der Waals surface area contributed by atoms with Gasteiger partial charge in [-0.3, -0.25) is 9.59 Å².